The second-order valence-corrected chi connectivity index (χ2v) is 6.55. The maximum Gasteiger partial charge on any atom is 0.245 e. The first-order valence-corrected chi connectivity index (χ1v) is 7.70. The molecule has 1 fully saturated rings. The van der Waals surface area contributed by atoms with Gasteiger partial charge in [0.25, 0.3) is 0 Å². The number of nitrogens with zero attached hydrogens (tertiary/aromatic N) is 2. The van der Waals surface area contributed by atoms with E-state index in [0.717, 1.165) is 0 Å². The number of likely N-dealkylation sites (N-methyl/N-ethyl adjacent to an activating group) is 1. The Balaban J connectivity index is 2.37. The van der Waals surface area contributed by atoms with E-state index in [9.17, 15) is 13.2 Å². The monoisotopic (exact) mass is 298 g/mol. The van der Waals surface area contributed by atoms with E-state index in [1.54, 1.807) is 30.1 Å². The van der Waals surface area contributed by atoms with Crippen molar-refractivity contribution in [1.29, 1.82) is 0 Å². The molecule has 3 N–H and O–H groups in total. The average Bonchev–Trinajstić information content (AvgIpc) is 2.61. The van der Waals surface area contributed by atoms with Gasteiger partial charge in [0, 0.05) is 20.1 Å². The Morgan fingerprint density at radius 1 is 1.25 bits per heavy atom. The minimum Gasteiger partial charge on any atom is -0.345 e. The second kappa shape index (κ2) is 5.78. The van der Waals surface area contributed by atoms with E-state index in [-0.39, 0.29) is 17.3 Å². The number of nitrogens with two attached hydrogens (primary N) is 1. The van der Waals surface area contributed by atoms with Gasteiger partial charge >= 0.3 is 0 Å². The van der Waals surface area contributed by atoms with E-state index < -0.39 is 10.0 Å². The standard InChI is InChI=1S/C12H18N4O3S/c1-15-7-4-8-16(9-12(15)17)20(18,19)11-6-3-2-5-10(11)14-13/h2-3,5-6,14H,4,7-9,13H2,1H3. The summed E-state index contributed by atoms with van der Waals surface area (Å²) in [5.74, 6) is 5.14. The molecule has 1 aromatic rings. The van der Waals surface area contributed by atoms with Gasteiger partial charge in [0.05, 0.1) is 12.2 Å². The second-order valence-electron chi connectivity index (χ2n) is 4.65. The van der Waals surface area contributed by atoms with Gasteiger partial charge in [-0.25, -0.2) is 8.42 Å². The molecule has 20 heavy (non-hydrogen) atoms. The Labute approximate surface area is 118 Å². The van der Waals surface area contributed by atoms with Crippen molar-refractivity contribution in [3.63, 3.8) is 0 Å². The first kappa shape index (κ1) is 14.8. The van der Waals surface area contributed by atoms with E-state index in [4.69, 9.17) is 5.84 Å². The van der Waals surface area contributed by atoms with E-state index in [1.165, 1.54) is 10.4 Å². The van der Waals surface area contributed by atoms with Crippen LogP contribution in [0.5, 0.6) is 0 Å². The fourth-order valence-electron chi connectivity index (χ4n) is 2.11. The van der Waals surface area contributed by atoms with Crippen molar-refractivity contribution in [2.24, 2.45) is 5.84 Å². The van der Waals surface area contributed by atoms with Crippen molar-refractivity contribution < 1.29 is 13.2 Å². The molecule has 0 bridgehead atoms. The molecule has 1 aliphatic heterocycles. The van der Waals surface area contributed by atoms with Gasteiger partial charge < -0.3 is 10.3 Å². The zero-order valence-electron chi connectivity index (χ0n) is 11.2. The summed E-state index contributed by atoms with van der Waals surface area (Å²) < 4.78 is 26.5. The molecule has 1 amide bonds. The van der Waals surface area contributed by atoms with Crippen LogP contribution in [0, 0.1) is 0 Å². The molecule has 0 atom stereocenters. The predicted molar refractivity (Wildman–Crippen MR) is 75.3 cm³/mol. The summed E-state index contributed by atoms with van der Waals surface area (Å²) in [6, 6.07) is 6.37. The van der Waals surface area contributed by atoms with Crippen LogP contribution in [0.2, 0.25) is 0 Å². The lowest BCUT2D eigenvalue weighted by atomic mass is 10.3. The smallest absolute Gasteiger partial charge is 0.245 e. The summed E-state index contributed by atoms with van der Waals surface area (Å²) in [7, 11) is -2.07. The molecular formula is C12H18N4O3S. The number of benzene rings is 1. The lowest BCUT2D eigenvalue weighted by Gasteiger charge is -2.21. The third-order valence-corrected chi connectivity index (χ3v) is 5.20. The number of amides is 1. The molecule has 1 saturated heterocycles. The normalized spacial score (nSPS) is 17.9. The van der Waals surface area contributed by atoms with Crippen LogP contribution in [-0.4, -0.2) is 50.2 Å². The van der Waals surface area contributed by atoms with Crippen LogP contribution in [0.3, 0.4) is 0 Å². The van der Waals surface area contributed by atoms with E-state index in [2.05, 4.69) is 5.43 Å². The molecule has 1 heterocycles. The van der Waals surface area contributed by atoms with Crippen molar-refractivity contribution in [1.82, 2.24) is 9.21 Å². The van der Waals surface area contributed by atoms with Gasteiger partial charge in [-0.2, -0.15) is 4.31 Å². The highest BCUT2D eigenvalue weighted by Gasteiger charge is 2.31. The maximum atomic E-state index is 12.6. The van der Waals surface area contributed by atoms with Crippen LogP contribution in [0.4, 0.5) is 5.69 Å². The molecule has 0 aromatic heterocycles. The number of para-hydroxylation sites is 1. The number of carbonyl (C=O) groups excluding carboxylic acids is 1. The number of hydrogen-bond donors (Lipinski definition) is 2. The van der Waals surface area contributed by atoms with Gasteiger partial charge in [-0.3, -0.25) is 10.6 Å². The van der Waals surface area contributed by atoms with Crippen LogP contribution in [0.15, 0.2) is 29.2 Å². The largest absolute Gasteiger partial charge is 0.345 e. The molecular weight excluding hydrogens is 280 g/mol. The fraction of sp³-hybridized carbons (Fsp3) is 0.417. The SMILES string of the molecule is CN1CCCN(S(=O)(=O)c2ccccc2NN)CC1=O. The molecule has 0 saturated carbocycles. The highest BCUT2D eigenvalue weighted by molar-refractivity contribution is 7.89. The lowest BCUT2D eigenvalue weighted by Crippen LogP contribution is -2.38. The number of nitrogen functional groups attached to an aromatic ring is 1. The first-order chi connectivity index (χ1) is 9.46. The van der Waals surface area contributed by atoms with E-state index >= 15 is 0 Å². The van der Waals surface area contributed by atoms with Gasteiger partial charge in [0.15, 0.2) is 0 Å². The van der Waals surface area contributed by atoms with Crippen LogP contribution < -0.4 is 11.3 Å². The zero-order chi connectivity index (χ0) is 14.8. The molecule has 1 aromatic carbocycles. The minimum atomic E-state index is -3.74. The molecule has 1 aliphatic rings. The average molecular weight is 298 g/mol. The van der Waals surface area contributed by atoms with Crippen LogP contribution in [0.25, 0.3) is 0 Å². The summed E-state index contributed by atoms with van der Waals surface area (Å²) in [4.78, 5) is 13.5. The quantitative estimate of drug-likeness (QED) is 0.596. The number of hydrazine groups is 1. The molecule has 7 nitrogen and oxygen atoms in total. The highest BCUT2D eigenvalue weighted by Crippen LogP contribution is 2.24. The molecule has 0 radical (unpaired) electrons. The summed E-state index contributed by atoms with van der Waals surface area (Å²) in [5.41, 5.74) is 2.69. The topological polar surface area (TPSA) is 95.7 Å². The summed E-state index contributed by atoms with van der Waals surface area (Å²) in [6.07, 6.45) is 0.611. The Kier molecular flexibility index (Phi) is 4.26. The van der Waals surface area contributed by atoms with Crippen molar-refractivity contribution in [2.45, 2.75) is 11.3 Å². The summed E-state index contributed by atoms with van der Waals surface area (Å²) in [6.45, 7) is 0.733. The highest BCUT2D eigenvalue weighted by atomic mass is 32.2. The Bertz CT molecular complexity index is 602. The predicted octanol–water partition coefficient (Wildman–Crippen LogP) is -0.175. The van der Waals surface area contributed by atoms with Crippen molar-refractivity contribution >= 4 is 21.6 Å². The number of sulfonamides is 1. The minimum absolute atomic E-state index is 0.0832. The Morgan fingerprint density at radius 3 is 2.65 bits per heavy atom. The molecule has 0 aliphatic carbocycles. The van der Waals surface area contributed by atoms with Gasteiger partial charge in [0.1, 0.15) is 4.90 Å². The van der Waals surface area contributed by atoms with Gasteiger partial charge in [0.2, 0.25) is 15.9 Å². The molecule has 0 unspecified atom stereocenters. The number of hydrogen-bond acceptors (Lipinski definition) is 5. The van der Waals surface area contributed by atoms with Crippen molar-refractivity contribution in [3.8, 4) is 0 Å². The summed E-state index contributed by atoms with van der Waals surface area (Å²) >= 11 is 0. The zero-order valence-corrected chi connectivity index (χ0v) is 12.1. The van der Waals surface area contributed by atoms with E-state index in [1.807, 2.05) is 0 Å². The molecule has 110 valence electrons. The third kappa shape index (κ3) is 2.77. The van der Waals surface area contributed by atoms with Crippen LogP contribution in [0.1, 0.15) is 6.42 Å². The first-order valence-electron chi connectivity index (χ1n) is 6.26. The van der Waals surface area contributed by atoms with Gasteiger partial charge in [-0.05, 0) is 18.6 Å². The number of rotatable bonds is 3. The fourth-order valence-corrected chi connectivity index (χ4v) is 3.70. The van der Waals surface area contributed by atoms with Gasteiger partial charge in [-0.15, -0.1) is 0 Å². The number of anilines is 1. The number of carbonyl (C=O) groups is 1. The molecule has 0 spiro atoms. The third-order valence-electron chi connectivity index (χ3n) is 3.30. The summed E-state index contributed by atoms with van der Waals surface area (Å²) in [5, 5.41) is 0. The van der Waals surface area contributed by atoms with Gasteiger partial charge in [-0.1, -0.05) is 12.1 Å². The number of nitrogens with one attached hydrogen (secondary N) is 1. The molecule has 2 rings (SSSR count). The van der Waals surface area contributed by atoms with Crippen molar-refractivity contribution in [3.05, 3.63) is 24.3 Å². The maximum absolute atomic E-state index is 12.6. The molecule has 8 heteroatoms. The van der Waals surface area contributed by atoms with Crippen LogP contribution >= 0.6 is 0 Å². The lowest BCUT2D eigenvalue weighted by molar-refractivity contribution is -0.129. The van der Waals surface area contributed by atoms with E-state index in [0.29, 0.717) is 25.2 Å². The Morgan fingerprint density at radius 2 is 1.95 bits per heavy atom. The van der Waals surface area contributed by atoms with Crippen LogP contribution in [-0.2, 0) is 14.8 Å². The van der Waals surface area contributed by atoms with Crippen molar-refractivity contribution in [2.75, 3.05) is 32.1 Å². The Hall–Kier alpha value is -1.64.